The van der Waals surface area contributed by atoms with Crippen LogP contribution in [0.2, 0.25) is 0 Å². The lowest BCUT2D eigenvalue weighted by atomic mass is 10.0. The van der Waals surface area contributed by atoms with Crippen molar-refractivity contribution in [3.8, 4) is 0 Å². The largest absolute Gasteiger partial charge is 0.391 e. The van der Waals surface area contributed by atoms with Crippen LogP contribution < -0.4 is 4.72 Å². The topological polar surface area (TPSA) is 84.9 Å². The average Bonchev–Trinajstić information content (AvgIpc) is 2.75. The summed E-state index contributed by atoms with van der Waals surface area (Å²) in [5.74, 6) is -0.865. The molecule has 6 nitrogen and oxygen atoms in total. The number of nitrogens with one attached hydrogen (secondary N) is 1. The highest BCUT2D eigenvalue weighted by molar-refractivity contribution is 7.89. The van der Waals surface area contributed by atoms with E-state index in [1.165, 1.54) is 0 Å². The fourth-order valence-corrected chi connectivity index (χ4v) is 3.93. The Balaban J connectivity index is 2.17. The number of hydrogen-bond acceptors (Lipinski definition) is 5. The SMILES string of the molecule is Cc1ccc(S(=O)(=O)N[C@H](C)[C@@H]2OC(C)(C)O[C@H]2[C@@H](C)O)cc1. The first-order valence-electron chi connectivity index (χ1n) is 7.64. The average molecular weight is 343 g/mol. The molecule has 0 unspecified atom stereocenters. The van der Waals surface area contributed by atoms with E-state index in [1.807, 2.05) is 6.92 Å². The van der Waals surface area contributed by atoms with Crippen molar-refractivity contribution in [2.45, 2.75) is 69.7 Å². The summed E-state index contributed by atoms with van der Waals surface area (Å²) in [5.41, 5.74) is 0.987. The molecule has 1 aliphatic heterocycles. The molecule has 0 radical (unpaired) electrons. The summed E-state index contributed by atoms with van der Waals surface area (Å²) in [6, 6.07) is 6.06. The maximum atomic E-state index is 12.5. The third-order valence-electron chi connectivity index (χ3n) is 3.80. The van der Waals surface area contributed by atoms with Crippen molar-refractivity contribution in [1.29, 1.82) is 0 Å². The molecular weight excluding hydrogens is 318 g/mol. The number of rotatable bonds is 5. The minimum Gasteiger partial charge on any atom is -0.391 e. The molecule has 2 N–H and O–H groups in total. The fourth-order valence-electron chi connectivity index (χ4n) is 2.67. The summed E-state index contributed by atoms with van der Waals surface area (Å²) in [5, 5.41) is 9.87. The zero-order valence-corrected chi connectivity index (χ0v) is 14.9. The number of hydrogen-bond donors (Lipinski definition) is 2. The van der Waals surface area contributed by atoms with E-state index in [1.54, 1.807) is 52.0 Å². The van der Waals surface area contributed by atoms with E-state index in [9.17, 15) is 13.5 Å². The summed E-state index contributed by atoms with van der Waals surface area (Å²) in [6.45, 7) is 8.68. The smallest absolute Gasteiger partial charge is 0.240 e. The van der Waals surface area contributed by atoms with Gasteiger partial charge in [-0.15, -0.1) is 0 Å². The van der Waals surface area contributed by atoms with Gasteiger partial charge in [-0.2, -0.15) is 0 Å². The predicted molar refractivity (Wildman–Crippen MR) is 86.5 cm³/mol. The molecule has 4 atom stereocenters. The van der Waals surface area contributed by atoms with Crippen molar-refractivity contribution in [2.75, 3.05) is 0 Å². The van der Waals surface area contributed by atoms with Crippen molar-refractivity contribution in [1.82, 2.24) is 4.72 Å². The molecule has 1 heterocycles. The lowest BCUT2D eigenvalue weighted by Crippen LogP contribution is -2.48. The Kier molecular flexibility index (Phi) is 5.18. The Morgan fingerprint density at radius 3 is 2.17 bits per heavy atom. The number of aryl methyl sites for hydroxylation is 1. The Morgan fingerprint density at radius 2 is 1.65 bits per heavy atom. The van der Waals surface area contributed by atoms with Crippen LogP contribution in [0.5, 0.6) is 0 Å². The predicted octanol–water partition coefficient (Wildman–Crippen LogP) is 1.56. The lowest BCUT2D eigenvalue weighted by Gasteiger charge is -2.25. The maximum absolute atomic E-state index is 12.5. The van der Waals surface area contributed by atoms with Gasteiger partial charge in [0.25, 0.3) is 0 Å². The van der Waals surface area contributed by atoms with Gasteiger partial charge in [-0.25, -0.2) is 13.1 Å². The minimum atomic E-state index is -3.67. The Labute approximate surface area is 137 Å². The summed E-state index contributed by atoms with van der Waals surface area (Å²) >= 11 is 0. The standard InChI is InChI=1S/C16H25NO5S/c1-10-6-8-13(9-7-10)23(19,20)17-11(2)14-15(12(3)18)22-16(4,5)21-14/h6-9,11-12,14-15,17-18H,1-5H3/t11-,12-,14+,15+/m1/s1. The van der Waals surface area contributed by atoms with Crippen LogP contribution in [0.25, 0.3) is 0 Å². The molecular formula is C16H25NO5S. The van der Waals surface area contributed by atoms with Gasteiger partial charge in [0.05, 0.1) is 11.0 Å². The van der Waals surface area contributed by atoms with Crippen LogP contribution in [0.4, 0.5) is 0 Å². The third kappa shape index (κ3) is 4.30. The second-order valence-corrected chi connectivity index (χ2v) is 8.24. The molecule has 0 saturated carbocycles. The van der Waals surface area contributed by atoms with Crippen LogP contribution in [-0.4, -0.2) is 43.7 Å². The molecule has 1 fully saturated rings. The summed E-state index contributed by atoms with van der Waals surface area (Å²) < 4.78 is 39.0. The lowest BCUT2D eigenvalue weighted by molar-refractivity contribution is -0.155. The Morgan fingerprint density at radius 1 is 1.13 bits per heavy atom. The summed E-state index contributed by atoms with van der Waals surface area (Å²) in [7, 11) is -3.67. The zero-order valence-electron chi connectivity index (χ0n) is 14.1. The number of sulfonamides is 1. The van der Waals surface area contributed by atoms with Crippen molar-refractivity contribution >= 4 is 10.0 Å². The number of aliphatic hydroxyl groups excluding tert-OH is 1. The highest BCUT2D eigenvalue weighted by Crippen LogP contribution is 2.32. The molecule has 0 amide bonds. The van der Waals surface area contributed by atoms with Crippen LogP contribution in [-0.2, 0) is 19.5 Å². The van der Waals surface area contributed by atoms with Gasteiger partial charge in [0.2, 0.25) is 10.0 Å². The number of benzene rings is 1. The minimum absolute atomic E-state index is 0.196. The molecule has 0 aliphatic carbocycles. The van der Waals surface area contributed by atoms with Crippen LogP contribution >= 0.6 is 0 Å². The van der Waals surface area contributed by atoms with Gasteiger partial charge in [0, 0.05) is 6.04 Å². The van der Waals surface area contributed by atoms with E-state index < -0.39 is 40.2 Å². The normalized spacial score (nSPS) is 26.9. The molecule has 1 aliphatic rings. The van der Waals surface area contributed by atoms with Crippen LogP contribution in [0.3, 0.4) is 0 Å². The fraction of sp³-hybridized carbons (Fsp3) is 0.625. The summed E-state index contributed by atoms with van der Waals surface area (Å²) in [4.78, 5) is 0.196. The maximum Gasteiger partial charge on any atom is 0.240 e. The van der Waals surface area contributed by atoms with E-state index in [4.69, 9.17) is 9.47 Å². The van der Waals surface area contributed by atoms with Crippen molar-refractivity contribution < 1.29 is 23.0 Å². The van der Waals surface area contributed by atoms with E-state index in [0.29, 0.717) is 0 Å². The first kappa shape index (κ1) is 18.4. The molecule has 1 aromatic rings. The molecule has 23 heavy (non-hydrogen) atoms. The third-order valence-corrected chi connectivity index (χ3v) is 5.38. The van der Waals surface area contributed by atoms with Crippen LogP contribution in [0.15, 0.2) is 29.2 Å². The zero-order chi connectivity index (χ0) is 17.4. The van der Waals surface area contributed by atoms with E-state index in [-0.39, 0.29) is 4.90 Å². The number of aliphatic hydroxyl groups is 1. The van der Waals surface area contributed by atoms with E-state index in [0.717, 1.165) is 5.56 Å². The van der Waals surface area contributed by atoms with E-state index >= 15 is 0 Å². The highest BCUT2D eigenvalue weighted by Gasteiger charge is 2.46. The van der Waals surface area contributed by atoms with Crippen LogP contribution in [0, 0.1) is 6.92 Å². The number of ether oxygens (including phenoxy) is 2. The van der Waals surface area contributed by atoms with Gasteiger partial charge >= 0.3 is 0 Å². The Hall–Kier alpha value is -0.990. The first-order valence-corrected chi connectivity index (χ1v) is 9.13. The molecule has 0 spiro atoms. The van der Waals surface area contributed by atoms with Gasteiger partial charge in [-0.05, 0) is 46.8 Å². The monoisotopic (exact) mass is 343 g/mol. The molecule has 0 aromatic heterocycles. The van der Waals surface area contributed by atoms with Gasteiger partial charge in [0.15, 0.2) is 5.79 Å². The summed E-state index contributed by atoms with van der Waals surface area (Å²) in [6.07, 6.45) is -1.95. The Bertz CT molecular complexity index is 639. The second kappa shape index (κ2) is 6.49. The van der Waals surface area contributed by atoms with Gasteiger partial charge < -0.3 is 14.6 Å². The van der Waals surface area contributed by atoms with E-state index in [2.05, 4.69) is 4.72 Å². The van der Waals surface area contributed by atoms with Crippen molar-refractivity contribution in [3.05, 3.63) is 29.8 Å². The van der Waals surface area contributed by atoms with Gasteiger partial charge in [0.1, 0.15) is 12.2 Å². The van der Waals surface area contributed by atoms with Crippen molar-refractivity contribution in [3.63, 3.8) is 0 Å². The second-order valence-electron chi connectivity index (χ2n) is 6.53. The quantitative estimate of drug-likeness (QED) is 0.847. The van der Waals surface area contributed by atoms with Crippen molar-refractivity contribution in [2.24, 2.45) is 0 Å². The van der Waals surface area contributed by atoms with Gasteiger partial charge in [-0.1, -0.05) is 17.7 Å². The molecule has 2 rings (SSSR count). The highest BCUT2D eigenvalue weighted by atomic mass is 32.2. The molecule has 7 heteroatoms. The van der Waals surface area contributed by atoms with Crippen LogP contribution in [0.1, 0.15) is 33.3 Å². The van der Waals surface area contributed by atoms with Gasteiger partial charge in [-0.3, -0.25) is 0 Å². The molecule has 0 bridgehead atoms. The molecule has 1 saturated heterocycles. The first-order chi connectivity index (χ1) is 10.5. The molecule has 130 valence electrons. The molecule has 1 aromatic carbocycles.